The molecule has 112 valence electrons. The van der Waals surface area contributed by atoms with Gasteiger partial charge in [0.2, 0.25) is 5.91 Å². The van der Waals surface area contributed by atoms with Crippen LogP contribution < -0.4 is 5.32 Å². The summed E-state index contributed by atoms with van der Waals surface area (Å²) in [7, 11) is 0. The summed E-state index contributed by atoms with van der Waals surface area (Å²) in [6.45, 7) is 0. The summed E-state index contributed by atoms with van der Waals surface area (Å²) in [5, 5.41) is 30.0. The van der Waals surface area contributed by atoms with Gasteiger partial charge in [-0.3, -0.25) is 14.4 Å². The molecule has 1 amide bonds. The van der Waals surface area contributed by atoms with Crippen molar-refractivity contribution in [3.63, 3.8) is 0 Å². The van der Waals surface area contributed by atoms with Gasteiger partial charge in [0.15, 0.2) is 0 Å². The van der Waals surface area contributed by atoms with Crippen molar-refractivity contribution in [3.05, 3.63) is 0 Å². The predicted octanol–water partition coefficient (Wildman–Crippen LogP) is -0.172. The van der Waals surface area contributed by atoms with Gasteiger partial charge >= 0.3 is 11.9 Å². The molecular weight excluding hydrogens is 266 g/mol. The van der Waals surface area contributed by atoms with Gasteiger partial charge in [0.1, 0.15) is 0 Å². The Morgan fingerprint density at radius 1 is 1.00 bits per heavy atom. The number of carbonyl (C=O) groups excluding carboxylic acids is 1. The molecule has 4 N–H and O–H groups in total. The molecule has 7 heteroatoms. The van der Waals surface area contributed by atoms with Crippen molar-refractivity contribution in [1.82, 2.24) is 5.32 Å². The molecule has 0 aliphatic heterocycles. The molecule has 20 heavy (non-hydrogen) atoms. The van der Waals surface area contributed by atoms with E-state index in [1.54, 1.807) is 0 Å². The number of rotatable bonds is 5. The first-order chi connectivity index (χ1) is 9.36. The van der Waals surface area contributed by atoms with Crippen LogP contribution in [-0.4, -0.2) is 45.3 Å². The lowest BCUT2D eigenvalue weighted by Gasteiger charge is -2.34. The zero-order valence-corrected chi connectivity index (χ0v) is 11.0. The number of hydrogen-bond donors (Lipinski definition) is 4. The highest BCUT2D eigenvalue weighted by molar-refractivity contribution is 5.80. The summed E-state index contributed by atoms with van der Waals surface area (Å²) < 4.78 is 0. The molecule has 0 aromatic carbocycles. The molecule has 2 aliphatic rings. The number of aliphatic hydroxyl groups is 1. The van der Waals surface area contributed by atoms with Crippen molar-refractivity contribution in [2.45, 2.75) is 44.2 Å². The summed E-state index contributed by atoms with van der Waals surface area (Å²) in [6, 6.07) is -0.512. The molecule has 2 fully saturated rings. The first-order valence-electron chi connectivity index (χ1n) is 6.79. The molecule has 3 atom stereocenters. The van der Waals surface area contributed by atoms with Gasteiger partial charge in [0.05, 0.1) is 18.1 Å². The van der Waals surface area contributed by atoms with Crippen molar-refractivity contribution in [2.24, 2.45) is 17.8 Å². The van der Waals surface area contributed by atoms with E-state index in [0.717, 1.165) is 0 Å². The highest BCUT2D eigenvalue weighted by Crippen LogP contribution is 2.36. The predicted molar refractivity (Wildman–Crippen MR) is 66.8 cm³/mol. The fourth-order valence-electron chi connectivity index (χ4n) is 3.04. The van der Waals surface area contributed by atoms with Crippen LogP contribution in [0, 0.1) is 17.8 Å². The summed E-state index contributed by atoms with van der Waals surface area (Å²) in [6.07, 6.45) is 0.749. The first kappa shape index (κ1) is 14.8. The second kappa shape index (κ2) is 5.78. The molecule has 2 saturated carbocycles. The van der Waals surface area contributed by atoms with Gasteiger partial charge in [0.25, 0.3) is 0 Å². The average Bonchev–Trinajstić information content (AvgIpc) is 2.64. The normalized spacial score (nSPS) is 36.1. The average molecular weight is 285 g/mol. The zero-order valence-electron chi connectivity index (χ0n) is 11.0. The van der Waals surface area contributed by atoms with Crippen molar-refractivity contribution < 1.29 is 29.7 Å². The van der Waals surface area contributed by atoms with Crippen LogP contribution in [0.25, 0.3) is 0 Å². The molecule has 0 bridgehead atoms. The van der Waals surface area contributed by atoms with E-state index >= 15 is 0 Å². The zero-order chi connectivity index (χ0) is 14.9. The molecule has 0 aromatic rings. The Morgan fingerprint density at radius 3 is 2.15 bits per heavy atom. The standard InChI is InChI=1S/C13H19NO6/c15-10-5-8(13(19)20)4-9(10)14-12(18)7-1-6(2-7)3-11(16)17/h6-10,15H,1-5H2,(H,14,18)(H,16,17)(H,19,20)/t6?,7?,8-,9+,10+/m0/s1. The van der Waals surface area contributed by atoms with E-state index in [-0.39, 0.29) is 37.0 Å². The Morgan fingerprint density at radius 2 is 1.65 bits per heavy atom. The maximum Gasteiger partial charge on any atom is 0.306 e. The lowest BCUT2D eigenvalue weighted by atomic mass is 9.72. The number of hydrogen-bond acceptors (Lipinski definition) is 4. The SMILES string of the molecule is O=C(O)CC1CC(C(=O)N[C@@H]2C[C@H](C(=O)O)C[C@H]2O)C1. The summed E-state index contributed by atoms with van der Waals surface area (Å²) in [5.41, 5.74) is 0. The highest BCUT2D eigenvalue weighted by Gasteiger charge is 2.41. The van der Waals surface area contributed by atoms with Crippen LogP contribution in [0.5, 0.6) is 0 Å². The largest absolute Gasteiger partial charge is 0.481 e. The lowest BCUT2D eigenvalue weighted by Crippen LogP contribution is -2.46. The summed E-state index contributed by atoms with van der Waals surface area (Å²) >= 11 is 0. The third-order valence-corrected chi connectivity index (χ3v) is 4.28. The summed E-state index contributed by atoms with van der Waals surface area (Å²) in [5.74, 6) is -2.80. The van der Waals surface area contributed by atoms with Gasteiger partial charge in [-0.25, -0.2) is 0 Å². The van der Waals surface area contributed by atoms with Crippen molar-refractivity contribution >= 4 is 17.8 Å². The van der Waals surface area contributed by atoms with Crippen LogP contribution in [0.1, 0.15) is 32.1 Å². The third kappa shape index (κ3) is 3.27. The quantitative estimate of drug-likeness (QED) is 0.556. The van der Waals surface area contributed by atoms with Crippen molar-refractivity contribution in [1.29, 1.82) is 0 Å². The highest BCUT2D eigenvalue weighted by atomic mass is 16.4. The first-order valence-corrected chi connectivity index (χ1v) is 6.79. The van der Waals surface area contributed by atoms with Gasteiger partial charge < -0.3 is 20.6 Å². The molecule has 0 aromatic heterocycles. The molecular formula is C13H19NO6. The smallest absolute Gasteiger partial charge is 0.306 e. The summed E-state index contributed by atoms with van der Waals surface area (Å²) in [4.78, 5) is 33.3. The van der Waals surface area contributed by atoms with E-state index < -0.39 is 30.0 Å². The van der Waals surface area contributed by atoms with Gasteiger partial charge in [-0.2, -0.15) is 0 Å². The lowest BCUT2D eigenvalue weighted by molar-refractivity contribution is -0.142. The molecule has 7 nitrogen and oxygen atoms in total. The van der Waals surface area contributed by atoms with Crippen LogP contribution in [0.2, 0.25) is 0 Å². The van der Waals surface area contributed by atoms with E-state index in [1.165, 1.54) is 0 Å². The molecule has 2 aliphatic carbocycles. The van der Waals surface area contributed by atoms with E-state index in [0.29, 0.717) is 12.8 Å². The molecule has 0 spiro atoms. The monoisotopic (exact) mass is 285 g/mol. The Balaban J connectivity index is 1.76. The number of nitrogens with one attached hydrogen (secondary N) is 1. The van der Waals surface area contributed by atoms with Crippen LogP contribution in [0.3, 0.4) is 0 Å². The Bertz CT molecular complexity index is 417. The Kier molecular flexibility index (Phi) is 4.27. The second-order valence-electron chi connectivity index (χ2n) is 5.82. The number of aliphatic carboxylic acids is 2. The van der Waals surface area contributed by atoms with E-state index in [1.807, 2.05) is 0 Å². The topological polar surface area (TPSA) is 124 Å². The fraction of sp³-hybridized carbons (Fsp3) is 0.769. The van der Waals surface area contributed by atoms with Gasteiger partial charge in [-0.05, 0) is 31.6 Å². The minimum Gasteiger partial charge on any atom is -0.481 e. The molecule has 0 unspecified atom stereocenters. The van der Waals surface area contributed by atoms with Crippen LogP contribution in [0.4, 0.5) is 0 Å². The van der Waals surface area contributed by atoms with E-state index in [4.69, 9.17) is 10.2 Å². The maximum absolute atomic E-state index is 11.9. The number of carboxylic acids is 2. The van der Waals surface area contributed by atoms with Gasteiger partial charge in [-0.1, -0.05) is 0 Å². The number of carboxylic acid groups (broad SMARTS) is 2. The molecule has 2 rings (SSSR count). The third-order valence-electron chi connectivity index (χ3n) is 4.28. The number of carbonyl (C=O) groups is 3. The van der Waals surface area contributed by atoms with E-state index in [2.05, 4.69) is 5.32 Å². The second-order valence-corrected chi connectivity index (χ2v) is 5.82. The molecule has 0 heterocycles. The number of aliphatic hydroxyl groups excluding tert-OH is 1. The molecule has 0 saturated heterocycles. The van der Waals surface area contributed by atoms with Crippen LogP contribution >= 0.6 is 0 Å². The molecule has 0 radical (unpaired) electrons. The van der Waals surface area contributed by atoms with Crippen molar-refractivity contribution in [2.75, 3.05) is 0 Å². The van der Waals surface area contributed by atoms with Crippen LogP contribution in [-0.2, 0) is 14.4 Å². The van der Waals surface area contributed by atoms with Crippen molar-refractivity contribution in [3.8, 4) is 0 Å². The van der Waals surface area contributed by atoms with Gasteiger partial charge in [0, 0.05) is 12.3 Å². The minimum absolute atomic E-state index is 0.0449. The fourth-order valence-corrected chi connectivity index (χ4v) is 3.04. The Hall–Kier alpha value is -1.63. The van der Waals surface area contributed by atoms with E-state index in [9.17, 15) is 19.5 Å². The van der Waals surface area contributed by atoms with Gasteiger partial charge in [-0.15, -0.1) is 0 Å². The number of amides is 1. The van der Waals surface area contributed by atoms with Crippen LogP contribution in [0.15, 0.2) is 0 Å². The minimum atomic E-state index is -0.953. The Labute approximate surface area is 116 Å². The maximum atomic E-state index is 11.9.